The highest BCUT2D eigenvalue weighted by atomic mass is 32.1. The van der Waals surface area contributed by atoms with Crippen molar-refractivity contribution in [2.45, 2.75) is 32.9 Å². The minimum absolute atomic E-state index is 0.0274. The van der Waals surface area contributed by atoms with Crippen LogP contribution in [-0.2, 0) is 0 Å². The van der Waals surface area contributed by atoms with Crippen molar-refractivity contribution in [3.63, 3.8) is 0 Å². The van der Waals surface area contributed by atoms with Gasteiger partial charge in [0.15, 0.2) is 0 Å². The van der Waals surface area contributed by atoms with Gasteiger partial charge in [0.25, 0.3) is 0 Å². The monoisotopic (exact) mass is 260 g/mol. The molecule has 0 fully saturated rings. The standard InChI is InChI=1S/C14H16N2OS/c1-8-7-18-14-11(6-15)4-5-12(13(8)14)16-9(2)10(3)17/h4-5,7,9-10,16-17H,1-3H3/t9-,10-/m0/s1. The predicted octanol–water partition coefficient (Wildman–Crippen LogP) is 3.26. The number of hydrogen-bond acceptors (Lipinski definition) is 4. The van der Waals surface area contributed by atoms with E-state index in [1.54, 1.807) is 18.3 Å². The fourth-order valence-electron chi connectivity index (χ4n) is 1.88. The number of nitriles is 1. The average Bonchev–Trinajstić information content (AvgIpc) is 2.72. The summed E-state index contributed by atoms with van der Waals surface area (Å²) < 4.78 is 1.01. The van der Waals surface area contributed by atoms with Gasteiger partial charge < -0.3 is 10.4 Å². The molecule has 2 rings (SSSR count). The molecule has 3 nitrogen and oxygen atoms in total. The van der Waals surface area contributed by atoms with Gasteiger partial charge in [-0.1, -0.05) is 0 Å². The molecule has 0 unspecified atom stereocenters. The highest BCUT2D eigenvalue weighted by Crippen LogP contribution is 2.34. The number of rotatable bonds is 3. The number of thiophene rings is 1. The van der Waals surface area contributed by atoms with E-state index in [1.807, 2.05) is 26.0 Å². The molecule has 0 saturated heterocycles. The highest BCUT2D eigenvalue weighted by molar-refractivity contribution is 7.17. The summed E-state index contributed by atoms with van der Waals surface area (Å²) in [5.74, 6) is 0. The van der Waals surface area contributed by atoms with E-state index in [2.05, 4.69) is 16.8 Å². The van der Waals surface area contributed by atoms with Gasteiger partial charge in [-0.3, -0.25) is 0 Å². The van der Waals surface area contributed by atoms with Crippen molar-refractivity contribution in [2.75, 3.05) is 5.32 Å². The van der Waals surface area contributed by atoms with Crippen molar-refractivity contribution >= 4 is 27.1 Å². The third kappa shape index (κ3) is 2.20. The smallest absolute Gasteiger partial charge is 0.101 e. The van der Waals surface area contributed by atoms with E-state index < -0.39 is 6.10 Å². The Morgan fingerprint density at radius 1 is 1.39 bits per heavy atom. The zero-order chi connectivity index (χ0) is 13.3. The van der Waals surface area contributed by atoms with E-state index in [-0.39, 0.29) is 6.04 Å². The Morgan fingerprint density at radius 2 is 2.11 bits per heavy atom. The highest BCUT2D eigenvalue weighted by Gasteiger charge is 2.14. The molecule has 2 aromatic rings. The molecule has 18 heavy (non-hydrogen) atoms. The lowest BCUT2D eigenvalue weighted by molar-refractivity contribution is 0.178. The number of anilines is 1. The third-order valence-electron chi connectivity index (χ3n) is 3.13. The van der Waals surface area contributed by atoms with E-state index in [9.17, 15) is 5.11 Å². The summed E-state index contributed by atoms with van der Waals surface area (Å²) in [6.07, 6.45) is -0.422. The first-order valence-corrected chi connectivity index (χ1v) is 6.78. The van der Waals surface area contributed by atoms with Crippen molar-refractivity contribution in [3.05, 3.63) is 28.6 Å². The summed E-state index contributed by atoms with van der Waals surface area (Å²) in [4.78, 5) is 0. The molecule has 0 radical (unpaired) electrons. The molecule has 2 N–H and O–H groups in total. The predicted molar refractivity (Wildman–Crippen MR) is 76.0 cm³/mol. The lowest BCUT2D eigenvalue weighted by atomic mass is 10.1. The minimum Gasteiger partial charge on any atom is -0.391 e. The zero-order valence-electron chi connectivity index (χ0n) is 10.7. The number of aryl methyl sites for hydroxylation is 1. The van der Waals surface area contributed by atoms with Crippen LogP contribution in [0, 0.1) is 18.3 Å². The van der Waals surface area contributed by atoms with Crippen LogP contribution in [0.1, 0.15) is 25.0 Å². The van der Waals surface area contributed by atoms with Gasteiger partial charge in [-0.25, -0.2) is 0 Å². The molecule has 1 heterocycles. The molecule has 0 aliphatic rings. The molecule has 0 aliphatic heterocycles. The number of aliphatic hydroxyl groups is 1. The molecule has 2 atom stereocenters. The van der Waals surface area contributed by atoms with Crippen LogP contribution in [0.25, 0.3) is 10.1 Å². The lowest BCUT2D eigenvalue weighted by Crippen LogP contribution is -2.27. The van der Waals surface area contributed by atoms with Crippen LogP contribution in [-0.4, -0.2) is 17.3 Å². The number of benzene rings is 1. The van der Waals surface area contributed by atoms with Gasteiger partial charge in [0, 0.05) is 17.1 Å². The van der Waals surface area contributed by atoms with E-state index in [4.69, 9.17) is 5.26 Å². The molecular formula is C14H16N2OS. The minimum atomic E-state index is -0.422. The fraction of sp³-hybridized carbons (Fsp3) is 0.357. The van der Waals surface area contributed by atoms with Crippen molar-refractivity contribution in [2.24, 2.45) is 0 Å². The summed E-state index contributed by atoms with van der Waals surface area (Å²) in [5, 5.41) is 25.1. The fourth-order valence-corrected chi connectivity index (χ4v) is 2.92. The Morgan fingerprint density at radius 3 is 2.72 bits per heavy atom. The van der Waals surface area contributed by atoms with E-state index in [0.717, 1.165) is 21.3 Å². The van der Waals surface area contributed by atoms with Crippen molar-refractivity contribution < 1.29 is 5.11 Å². The summed E-state index contributed by atoms with van der Waals surface area (Å²) >= 11 is 1.59. The normalized spacial score (nSPS) is 14.2. The van der Waals surface area contributed by atoms with Crippen molar-refractivity contribution in [1.29, 1.82) is 5.26 Å². The summed E-state index contributed by atoms with van der Waals surface area (Å²) in [5.41, 5.74) is 2.85. The van der Waals surface area contributed by atoms with Crippen LogP contribution >= 0.6 is 11.3 Å². The Bertz CT molecular complexity index is 610. The maximum Gasteiger partial charge on any atom is 0.101 e. The van der Waals surface area contributed by atoms with Gasteiger partial charge in [-0.05, 0) is 43.8 Å². The Hall–Kier alpha value is -1.57. The second kappa shape index (κ2) is 4.97. The van der Waals surface area contributed by atoms with Crippen molar-refractivity contribution in [3.8, 4) is 6.07 Å². The summed E-state index contributed by atoms with van der Waals surface area (Å²) in [7, 11) is 0. The van der Waals surface area contributed by atoms with Gasteiger partial charge in [-0.15, -0.1) is 11.3 Å². The maximum absolute atomic E-state index is 9.56. The Kier molecular flexibility index (Phi) is 3.55. The molecule has 1 aromatic carbocycles. The first-order valence-electron chi connectivity index (χ1n) is 5.90. The molecule has 1 aromatic heterocycles. The van der Waals surface area contributed by atoms with Crippen LogP contribution in [0.3, 0.4) is 0 Å². The largest absolute Gasteiger partial charge is 0.391 e. The Balaban J connectivity index is 2.53. The maximum atomic E-state index is 9.56. The van der Waals surface area contributed by atoms with Crippen LogP contribution in [0.5, 0.6) is 0 Å². The number of nitrogens with one attached hydrogen (secondary N) is 1. The molecule has 0 amide bonds. The van der Waals surface area contributed by atoms with Gasteiger partial charge >= 0.3 is 0 Å². The topological polar surface area (TPSA) is 56.0 Å². The van der Waals surface area contributed by atoms with Gasteiger partial charge in [0.1, 0.15) is 6.07 Å². The van der Waals surface area contributed by atoms with Crippen LogP contribution in [0.4, 0.5) is 5.69 Å². The van der Waals surface area contributed by atoms with E-state index in [0.29, 0.717) is 5.56 Å². The SMILES string of the molecule is Cc1csc2c(C#N)ccc(N[C@@H](C)[C@H](C)O)c12. The number of fused-ring (bicyclic) bond motifs is 1. The molecule has 4 heteroatoms. The van der Waals surface area contributed by atoms with Crippen LogP contribution in [0.15, 0.2) is 17.5 Å². The molecule has 0 bridgehead atoms. The van der Waals surface area contributed by atoms with Gasteiger partial charge in [-0.2, -0.15) is 5.26 Å². The molecule has 0 saturated carbocycles. The first-order chi connectivity index (χ1) is 8.54. The molecular weight excluding hydrogens is 244 g/mol. The first kappa shape index (κ1) is 12.9. The van der Waals surface area contributed by atoms with Crippen LogP contribution < -0.4 is 5.32 Å². The third-order valence-corrected chi connectivity index (χ3v) is 4.26. The zero-order valence-corrected chi connectivity index (χ0v) is 11.5. The van der Waals surface area contributed by atoms with E-state index in [1.165, 1.54) is 0 Å². The van der Waals surface area contributed by atoms with Gasteiger partial charge in [0.2, 0.25) is 0 Å². The van der Waals surface area contributed by atoms with Crippen LogP contribution in [0.2, 0.25) is 0 Å². The number of aliphatic hydroxyl groups excluding tert-OH is 1. The van der Waals surface area contributed by atoms with Gasteiger partial charge in [0.05, 0.1) is 16.4 Å². The second-order valence-corrected chi connectivity index (χ2v) is 5.45. The van der Waals surface area contributed by atoms with Crippen molar-refractivity contribution in [1.82, 2.24) is 0 Å². The molecule has 0 spiro atoms. The number of nitrogens with zero attached hydrogens (tertiary/aromatic N) is 1. The second-order valence-electron chi connectivity index (χ2n) is 4.57. The summed E-state index contributed by atoms with van der Waals surface area (Å²) in [6.45, 7) is 5.74. The lowest BCUT2D eigenvalue weighted by Gasteiger charge is -2.19. The molecule has 0 aliphatic carbocycles. The Labute approximate surface area is 111 Å². The average molecular weight is 260 g/mol. The summed E-state index contributed by atoms with van der Waals surface area (Å²) in [6, 6.07) is 5.94. The van der Waals surface area contributed by atoms with E-state index >= 15 is 0 Å². The quantitative estimate of drug-likeness (QED) is 0.890. The number of hydrogen-bond donors (Lipinski definition) is 2. The molecule has 94 valence electrons.